The molecule has 2 rings (SSSR count). The number of furan rings is 1. The van der Waals surface area contributed by atoms with Crippen LogP contribution in [-0.4, -0.2) is 0 Å². The van der Waals surface area contributed by atoms with Crippen molar-refractivity contribution in [2.45, 2.75) is 25.1 Å². The van der Waals surface area contributed by atoms with Crippen LogP contribution >= 0.6 is 0 Å². The molecule has 0 amide bonds. The molecule has 1 atom stereocenters. The third-order valence-corrected chi connectivity index (χ3v) is 2.49. The molecule has 1 aromatic heterocycles. The van der Waals surface area contributed by atoms with E-state index in [1.54, 1.807) is 0 Å². The predicted octanol–water partition coefficient (Wildman–Crippen LogP) is 2.71. The van der Waals surface area contributed by atoms with Crippen molar-refractivity contribution in [1.29, 1.82) is 0 Å². The topological polar surface area (TPSA) is 39.2 Å². The highest BCUT2D eigenvalue weighted by atomic mass is 19.4. The molecule has 0 aromatic carbocycles. The molecule has 0 saturated heterocycles. The monoisotopic (exact) mass is 205 g/mol. The van der Waals surface area contributed by atoms with Gasteiger partial charge in [0, 0.05) is 11.6 Å². The molecule has 14 heavy (non-hydrogen) atoms. The second kappa shape index (κ2) is 3.02. The Morgan fingerprint density at radius 1 is 1.36 bits per heavy atom. The van der Waals surface area contributed by atoms with Crippen molar-refractivity contribution < 1.29 is 17.6 Å². The lowest BCUT2D eigenvalue weighted by atomic mass is 10.0. The Balaban J connectivity index is 2.28. The highest BCUT2D eigenvalue weighted by Gasteiger charge is 2.40. The molecule has 1 saturated carbocycles. The minimum atomic E-state index is -4.37. The molecule has 0 aliphatic heterocycles. The summed E-state index contributed by atoms with van der Waals surface area (Å²) < 4.78 is 41.8. The van der Waals surface area contributed by atoms with Crippen LogP contribution in [0.5, 0.6) is 0 Å². The van der Waals surface area contributed by atoms with Gasteiger partial charge >= 0.3 is 6.18 Å². The van der Waals surface area contributed by atoms with Crippen LogP contribution in [-0.2, 0) is 6.18 Å². The van der Waals surface area contributed by atoms with E-state index in [9.17, 15) is 13.2 Å². The van der Waals surface area contributed by atoms with Crippen molar-refractivity contribution in [3.63, 3.8) is 0 Å². The van der Waals surface area contributed by atoms with Gasteiger partial charge in [0.15, 0.2) is 0 Å². The fourth-order valence-electron chi connectivity index (χ4n) is 1.50. The van der Waals surface area contributed by atoms with E-state index in [0.717, 1.165) is 25.4 Å². The first kappa shape index (κ1) is 9.58. The van der Waals surface area contributed by atoms with Gasteiger partial charge in [-0.25, -0.2) is 0 Å². The first-order valence-corrected chi connectivity index (χ1v) is 4.39. The largest absolute Gasteiger partial charge is 0.472 e. The quantitative estimate of drug-likeness (QED) is 0.806. The normalized spacial score (nSPS) is 19.7. The Kier molecular flexibility index (Phi) is 2.06. The highest BCUT2D eigenvalue weighted by Crippen LogP contribution is 2.43. The van der Waals surface area contributed by atoms with Crippen molar-refractivity contribution in [2.75, 3.05) is 0 Å². The van der Waals surface area contributed by atoms with E-state index >= 15 is 0 Å². The molecule has 0 bridgehead atoms. The van der Waals surface area contributed by atoms with E-state index in [4.69, 9.17) is 5.73 Å². The molecule has 5 heteroatoms. The first-order chi connectivity index (χ1) is 6.50. The zero-order valence-corrected chi connectivity index (χ0v) is 7.34. The lowest BCUT2D eigenvalue weighted by Crippen LogP contribution is -2.17. The number of halogens is 3. The summed E-state index contributed by atoms with van der Waals surface area (Å²) in [7, 11) is 0. The van der Waals surface area contributed by atoms with E-state index in [1.807, 2.05) is 0 Å². The molecule has 1 heterocycles. The van der Waals surface area contributed by atoms with Crippen LogP contribution < -0.4 is 5.73 Å². The molecule has 0 unspecified atom stereocenters. The van der Waals surface area contributed by atoms with Gasteiger partial charge < -0.3 is 10.2 Å². The summed E-state index contributed by atoms with van der Waals surface area (Å²) in [5.41, 5.74) is 5.03. The van der Waals surface area contributed by atoms with Gasteiger partial charge in [-0.15, -0.1) is 0 Å². The lowest BCUT2D eigenvalue weighted by Gasteiger charge is -2.12. The predicted molar refractivity (Wildman–Crippen MR) is 43.4 cm³/mol. The van der Waals surface area contributed by atoms with E-state index in [2.05, 4.69) is 4.42 Å². The van der Waals surface area contributed by atoms with Crippen molar-refractivity contribution >= 4 is 0 Å². The van der Waals surface area contributed by atoms with Crippen LogP contribution in [0.15, 0.2) is 16.9 Å². The molecule has 1 aromatic rings. The van der Waals surface area contributed by atoms with Gasteiger partial charge in [-0.05, 0) is 18.8 Å². The Bertz CT molecular complexity index is 327. The van der Waals surface area contributed by atoms with Crippen LogP contribution in [0.1, 0.15) is 30.0 Å². The second-order valence-electron chi connectivity index (χ2n) is 3.60. The van der Waals surface area contributed by atoms with Crippen LogP contribution in [0, 0.1) is 5.92 Å². The molecular weight excluding hydrogens is 195 g/mol. The first-order valence-electron chi connectivity index (χ1n) is 4.39. The molecular formula is C9H10F3NO. The van der Waals surface area contributed by atoms with Gasteiger partial charge in [-0.1, -0.05) is 0 Å². The van der Waals surface area contributed by atoms with Crippen molar-refractivity contribution in [3.05, 3.63) is 23.7 Å². The second-order valence-corrected chi connectivity index (χ2v) is 3.60. The lowest BCUT2D eigenvalue weighted by molar-refractivity contribution is -0.138. The summed E-state index contributed by atoms with van der Waals surface area (Å²) in [4.78, 5) is 0. The average molecular weight is 205 g/mol. The zero-order chi connectivity index (χ0) is 10.3. The molecule has 2 N–H and O–H groups in total. The number of hydrogen-bond donors (Lipinski definition) is 1. The van der Waals surface area contributed by atoms with Crippen molar-refractivity contribution in [2.24, 2.45) is 11.7 Å². The fraction of sp³-hybridized carbons (Fsp3) is 0.556. The third kappa shape index (κ3) is 1.64. The molecule has 0 spiro atoms. The number of alkyl halides is 3. The van der Waals surface area contributed by atoms with Gasteiger partial charge in [0.05, 0.1) is 11.8 Å². The number of nitrogens with two attached hydrogens (primary N) is 1. The van der Waals surface area contributed by atoms with Gasteiger partial charge in [-0.2, -0.15) is 13.2 Å². The minimum absolute atomic E-state index is 0.0833. The Labute approximate surface area is 78.9 Å². The van der Waals surface area contributed by atoms with Crippen LogP contribution in [0.25, 0.3) is 0 Å². The van der Waals surface area contributed by atoms with E-state index in [0.29, 0.717) is 0 Å². The van der Waals surface area contributed by atoms with Gasteiger partial charge in [0.1, 0.15) is 6.26 Å². The molecule has 2 nitrogen and oxygen atoms in total. The summed E-state index contributed by atoms with van der Waals surface area (Å²) >= 11 is 0. The fourth-order valence-corrected chi connectivity index (χ4v) is 1.50. The Hall–Kier alpha value is -0.970. The summed E-state index contributed by atoms with van der Waals surface area (Å²) in [5.74, 6) is 0.189. The number of rotatable bonds is 2. The average Bonchev–Trinajstić information content (AvgIpc) is 2.78. The SMILES string of the molecule is N[C@@H](c1cocc1C(F)(F)F)C1CC1. The van der Waals surface area contributed by atoms with Crippen LogP contribution in [0.4, 0.5) is 13.2 Å². The van der Waals surface area contributed by atoms with E-state index in [1.165, 1.54) is 0 Å². The third-order valence-electron chi connectivity index (χ3n) is 2.49. The molecule has 1 fully saturated rings. The molecule has 0 radical (unpaired) electrons. The zero-order valence-electron chi connectivity index (χ0n) is 7.34. The maximum atomic E-state index is 12.4. The number of hydrogen-bond acceptors (Lipinski definition) is 2. The highest BCUT2D eigenvalue weighted by molar-refractivity contribution is 5.28. The van der Waals surface area contributed by atoms with Gasteiger partial charge in [0.25, 0.3) is 0 Å². The standard InChI is InChI=1S/C9H10F3NO/c10-9(11,12)7-4-14-3-6(7)8(13)5-1-2-5/h3-5,8H,1-2,13H2/t8-/m1/s1. The summed E-state index contributed by atoms with van der Waals surface area (Å²) in [6.45, 7) is 0. The maximum Gasteiger partial charge on any atom is 0.419 e. The summed E-state index contributed by atoms with van der Waals surface area (Å²) in [6.07, 6.45) is -0.731. The molecule has 78 valence electrons. The van der Waals surface area contributed by atoms with Gasteiger partial charge in [0.2, 0.25) is 0 Å². The van der Waals surface area contributed by atoms with Crippen molar-refractivity contribution in [3.8, 4) is 0 Å². The smallest absolute Gasteiger partial charge is 0.419 e. The van der Waals surface area contributed by atoms with E-state index < -0.39 is 17.8 Å². The van der Waals surface area contributed by atoms with Gasteiger partial charge in [-0.3, -0.25) is 0 Å². The Morgan fingerprint density at radius 2 is 2.00 bits per heavy atom. The maximum absolute atomic E-state index is 12.4. The van der Waals surface area contributed by atoms with Crippen LogP contribution in [0.2, 0.25) is 0 Å². The molecule has 1 aliphatic rings. The minimum Gasteiger partial charge on any atom is -0.472 e. The van der Waals surface area contributed by atoms with Crippen molar-refractivity contribution in [1.82, 2.24) is 0 Å². The van der Waals surface area contributed by atoms with E-state index in [-0.39, 0.29) is 11.5 Å². The summed E-state index contributed by atoms with van der Waals surface area (Å²) in [5, 5.41) is 0. The molecule has 1 aliphatic carbocycles. The summed E-state index contributed by atoms with van der Waals surface area (Å²) in [6, 6.07) is -0.537. The van der Waals surface area contributed by atoms with Crippen LogP contribution in [0.3, 0.4) is 0 Å². The Morgan fingerprint density at radius 3 is 2.50 bits per heavy atom.